The number of rotatable bonds is 6. The monoisotopic (exact) mass is 457 g/mol. The van der Waals surface area contributed by atoms with E-state index in [9.17, 15) is 14.4 Å². The van der Waals surface area contributed by atoms with E-state index in [1.54, 1.807) is 18.9 Å². The molecule has 180 valence electrons. The highest BCUT2D eigenvalue weighted by Crippen LogP contribution is 2.33. The van der Waals surface area contributed by atoms with E-state index in [2.05, 4.69) is 15.5 Å². The van der Waals surface area contributed by atoms with Crippen molar-refractivity contribution in [1.29, 1.82) is 0 Å². The molecule has 0 bridgehead atoms. The molecule has 1 saturated heterocycles. The van der Waals surface area contributed by atoms with Gasteiger partial charge in [0.1, 0.15) is 0 Å². The molecule has 4 amide bonds. The average Bonchev–Trinajstić information content (AvgIpc) is 2.77. The summed E-state index contributed by atoms with van der Waals surface area (Å²) in [7, 11) is 1.67. The second-order valence-electron chi connectivity index (χ2n) is 8.48. The van der Waals surface area contributed by atoms with Crippen LogP contribution in [-0.2, 0) is 9.53 Å². The van der Waals surface area contributed by atoms with E-state index in [0.29, 0.717) is 50.5 Å². The third-order valence-electron chi connectivity index (χ3n) is 6.17. The molecule has 0 aromatic heterocycles. The highest BCUT2D eigenvalue weighted by Gasteiger charge is 2.38. The Morgan fingerprint density at radius 2 is 1.85 bits per heavy atom. The van der Waals surface area contributed by atoms with E-state index in [1.807, 2.05) is 39.0 Å². The minimum Gasteiger partial charge on any atom is -0.463 e. The van der Waals surface area contributed by atoms with Crippen molar-refractivity contribution in [3.63, 3.8) is 0 Å². The molecule has 2 heterocycles. The molecule has 9 heteroatoms. The van der Waals surface area contributed by atoms with E-state index in [-0.39, 0.29) is 18.7 Å². The highest BCUT2D eigenvalue weighted by atomic mass is 16.5. The minimum absolute atomic E-state index is 0.0624. The van der Waals surface area contributed by atoms with Gasteiger partial charge in [0.15, 0.2) is 0 Å². The van der Waals surface area contributed by atoms with Crippen LogP contribution in [0.3, 0.4) is 0 Å². The summed E-state index contributed by atoms with van der Waals surface area (Å²) >= 11 is 0. The second-order valence-corrected chi connectivity index (χ2v) is 8.48. The van der Waals surface area contributed by atoms with Gasteiger partial charge in [0.25, 0.3) is 0 Å². The number of urea groups is 2. The number of nitrogens with zero attached hydrogens (tertiary/aromatic N) is 3. The summed E-state index contributed by atoms with van der Waals surface area (Å²) in [4.78, 5) is 43.6. The van der Waals surface area contributed by atoms with Gasteiger partial charge >= 0.3 is 18.0 Å². The number of piperazine rings is 1. The lowest BCUT2D eigenvalue weighted by molar-refractivity contribution is -0.139. The molecule has 3 rings (SSSR count). The van der Waals surface area contributed by atoms with Crippen LogP contribution < -0.4 is 10.6 Å². The minimum atomic E-state index is -0.583. The lowest BCUT2D eigenvalue weighted by Gasteiger charge is -2.39. The van der Waals surface area contributed by atoms with Crippen LogP contribution in [0.5, 0.6) is 0 Å². The zero-order chi connectivity index (χ0) is 24.1. The molecular weight excluding hydrogens is 422 g/mol. The lowest BCUT2D eigenvalue weighted by Crippen LogP contribution is -2.54. The SMILES string of the molecule is CCNC(=O)N1CCN(CC2=C(C(=O)OCC)C(c3ccc(C)cc3C)NC(=O)N2C)CC1. The van der Waals surface area contributed by atoms with Gasteiger partial charge in [-0.3, -0.25) is 9.80 Å². The van der Waals surface area contributed by atoms with Crippen LogP contribution in [0.1, 0.15) is 36.6 Å². The molecule has 0 radical (unpaired) electrons. The Morgan fingerprint density at radius 1 is 1.15 bits per heavy atom. The fourth-order valence-electron chi connectivity index (χ4n) is 4.36. The van der Waals surface area contributed by atoms with Gasteiger partial charge in [-0.1, -0.05) is 23.8 Å². The summed E-state index contributed by atoms with van der Waals surface area (Å²) in [5.74, 6) is -0.426. The van der Waals surface area contributed by atoms with Crippen molar-refractivity contribution < 1.29 is 19.1 Å². The van der Waals surface area contributed by atoms with Crippen LogP contribution in [0.25, 0.3) is 0 Å². The molecular formula is C24H35N5O4. The lowest BCUT2D eigenvalue weighted by atomic mass is 9.90. The number of esters is 1. The van der Waals surface area contributed by atoms with E-state index < -0.39 is 12.0 Å². The van der Waals surface area contributed by atoms with Crippen molar-refractivity contribution in [1.82, 2.24) is 25.3 Å². The van der Waals surface area contributed by atoms with Crippen molar-refractivity contribution in [2.24, 2.45) is 0 Å². The number of likely N-dealkylation sites (N-methyl/N-ethyl adjacent to an activating group) is 1. The maximum absolute atomic E-state index is 13.1. The first kappa shape index (κ1) is 24.6. The molecule has 2 N–H and O–H groups in total. The molecule has 2 aliphatic heterocycles. The van der Waals surface area contributed by atoms with Crippen molar-refractivity contribution >= 4 is 18.0 Å². The Kier molecular flexibility index (Phi) is 7.97. The van der Waals surface area contributed by atoms with Crippen molar-refractivity contribution in [2.75, 3.05) is 52.9 Å². The molecule has 1 fully saturated rings. The molecule has 1 unspecified atom stereocenters. The van der Waals surface area contributed by atoms with Crippen LogP contribution in [0.2, 0.25) is 0 Å². The maximum Gasteiger partial charge on any atom is 0.338 e. The molecule has 1 atom stereocenters. The number of hydrogen-bond acceptors (Lipinski definition) is 5. The first-order chi connectivity index (χ1) is 15.8. The number of carbonyl (C=O) groups excluding carboxylic acids is 3. The summed E-state index contributed by atoms with van der Waals surface area (Å²) < 4.78 is 5.42. The molecule has 33 heavy (non-hydrogen) atoms. The van der Waals surface area contributed by atoms with Gasteiger partial charge in [0, 0.05) is 52.0 Å². The van der Waals surface area contributed by atoms with E-state index in [1.165, 1.54) is 4.90 Å². The van der Waals surface area contributed by atoms with E-state index in [0.717, 1.165) is 16.7 Å². The number of benzene rings is 1. The Labute approximate surface area is 195 Å². The van der Waals surface area contributed by atoms with Gasteiger partial charge < -0.3 is 20.3 Å². The fourth-order valence-corrected chi connectivity index (χ4v) is 4.36. The third kappa shape index (κ3) is 5.47. The number of ether oxygens (including phenoxy) is 1. The van der Waals surface area contributed by atoms with Crippen molar-refractivity contribution in [3.8, 4) is 0 Å². The van der Waals surface area contributed by atoms with Gasteiger partial charge in [0.2, 0.25) is 0 Å². The van der Waals surface area contributed by atoms with Crippen LogP contribution in [0, 0.1) is 13.8 Å². The Balaban J connectivity index is 1.92. The number of carbonyl (C=O) groups is 3. The van der Waals surface area contributed by atoms with Gasteiger partial charge in [-0.2, -0.15) is 0 Å². The van der Waals surface area contributed by atoms with E-state index >= 15 is 0 Å². The summed E-state index contributed by atoms with van der Waals surface area (Å²) in [5, 5.41) is 5.81. The molecule has 0 aliphatic carbocycles. The van der Waals surface area contributed by atoms with Crippen LogP contribution in [0.4, 0.5) is 9.59 Å². The van der Waals surface area contributed by atoms with Gasteiger partial charge in [0.05, 0.1) is 18.2 Å². The molecule has 1 aromatic rings. The van der Waals surface area contributed by atoms with Gasteiger partial charge in [-0.15, -0.1) is 0 Å². The summed E-state index contributed by atoms with van der Waals surface area (Å²) in [5.41, 5.74) is 4.08. The average molecular weight is 458 g/mol. The maximum atomic E-state index is 13.1. The zero-order valence-electron chi connectivity index (χ0n) is 20.2. The van der Waals surface area contributed by atoms with Crippen LogP contribution in [0.15, 0.2) is 29.5 Å². The highest BCUT2D eigenvalue weighted by molar-refractivity contribution is 5.95. The zero-order valence-corrected chi connectivity index (χ0v) is 20.2. The van der Waals surface area contributed by atoms with E-state index in [4.69, 9.17) is 4.74 Å². The predicted molar refractivity (Wildman–Crippen MR) is 126 cm³/mol. The number of amides is 4. The number of hydrogen-bond donors (Lipinski definition) is 2. The topological polar surface area (TPSA) is 94.2 Å². The predicted octanol–water partition coefficient (Wildman–Crippen LogP) is 2.16. The first-order valence-corrected chi connectivity index (χ1v) is 11.5. The summed E-state index contributed by atoms with van der Waals surface area (Å²) in [6.07, 6.45) is 0. The van der Waals surface area contributed by atoms with Gasteiger partial charge in [-0.25, -0.2) is 14.4 Å². The number of nitrogens with one attached hydrogen (secondary N) is 2. The molecule has 0 spiro atoms. The Morgan fingerprint density at radius 3 is 2.45 bits per heavy atom. The molecule has 9 nitrogen and oxygen atoms in total. The summed E-state index contributed by atoms with van der Waals surface area (Å²) in [6, 6.07) is 5.08. The standard InChI is InChI=1S/C24H35N5O4/c1-6-25-23(31)29-12-10-28(11-13-29)15-19-20(22(30)33-7-2)21(26-24(32)27(19)5)18-9-8-16(3)14-17(18)4/h8-9,14,21H,6-7,10-13,15H2,1-5H3,(H,25,31)(H,26,32). The molecule has 2 aliphatic rings. The smallest absolute Gasteiger partial charge is 0.338 e. The Hall–Kier alpha value is -3.07. The first-order valence-electron chi connectivity index (χ1n) is 11.5. The summed E-state index contributed by atoms with van der Waals surface area (Å²) in [6.45, 7) is 11.4. The van der Waals surface area contributed by atoms with Crippen molar-refractivity contribution in [3.05, 3.63) is 46.2 Å². The molecule has 0 saturated carbocycles. The van der Waals surface area contributed by atoms with Crippen molar-refractivity contribution in [2.45, 2.75) is 33.7 Å². The fraction of sp³-hybridized carbons (Fsp3) is 0.542. The normalized spacial score (nSPS) is 19.4. The second kappa shape index (κ2) is 10.7. The van der Waals surface area contributed by atoms with Gasteiger partial charge in [-0.05, 0) is 38.8 Å². The third-order valence-corrected chi connectivity index (χ3v) is 6.17. The largest absolute Gasteiger partial charge is 0.463 e. The van der Waals surface area contributed by atoms with Crippen LogP contribution >= 0.6 is 0 Å². The molecule has 1 aromatic carbocycles. The quantitative estimate of drug-likeness (QED) is 0.639. The Bertz CT molecular complexity index is 937. The van der Waals surface area contributed by atoms with Crippen LogP contribution in [-0.4, -0.2) is 85.7 Å². The number of aryl methyl sites for hydroxylation is 2.